The zero-order chi connectivity index (χ0) is 22.9. The third-order valence-corrected chi connectivity index (χ3v) is 6.38. The van der Waals surface area contributed by atoms with Gasteiger partial charge in [0, 0.05) is 38.0 Å². The number of hydrogen-bond acceptors (Lipinski definition) is 4. The zero-order valence-corrected chi connectivity index (χ0v) is 20.4. The molecule has 0 aromatic heterocycles. The summed E-state index contributed by atoms with van der Waals surface area (Å²) in [5.74, 6) is -0.788. The highest BCUT2D eigenvalue weighted by Crippen LogP contribution is 2.22. The van der Waals surface area contributed by atoms with E-state index in [1.165, 1.54) is 34.9 Å². The molecule has 0 unspecified atom stereocenters. The van der Waals surface area contributed by atoms with Crippen LogP contribution in [-0.2, 0) is 22.4 Å². The maximum absolute atomic E-state index is 10.8. The van der Waals surface area contributed by atoms with Crippen LogP contribution in [0.25, 0.3) is 10.8 Å². The molecule has 2 aliphatic rings. The Morgan fingerprint density at radius 2 is 1.74 bits per heavy atom. The molecule has 0 saturated carbocycles. The van der Waals surface area contributed by atoms with Gasteiger partial charge in [-0.05, 0) is 66.3 Å². The van der Waals surface area contributed by atoms with Gasteiger partial charge in [0.1, 0.15) is 0 Å². The number of nitrogens with one attached hydrogen (secondary N) is 1. The number of ether oxygens (including phenoxy) is 1. The normalized spacial score (nSPS) is 17.2. The van der Waals surface area contributed by atoms with E-state index in [-0.39, 0.29) is 18.8 Å². The fraction of sp³-hybridized carbons (Fsp3) is 0.393. The molecule has 0 radical (unpaired) electrons. The van der Waals surface area contributed by atoms with Gasteiger partial charge in [0.25, 0.3) is 0 Å². The van der Waals surface area contributed by atoms with Gasteiger partial charge in [0.05, 0.1) is 6.42 Å². The molecule has 2 N–H and O–H groups in total. The summed E-state index contributed by atoms with van der Waals surface area (Å²) in [6.45, 7) is 5.00. The second kappa shape index (κ2) is 13.3. The summed E-state index contributed by atoms with van der Waals surface area (Å²) in [6.07, 6.45) is 4.80. The lowest BCUT2D eigenvalue weighted by molar-refractivity contribution is -0.136. The molecule has 0 amide bonds. The first kappa shape index (κ1) is 26.0. The van der Waals surface area contributed by atoms with Crippen molar-refractivity contribution in [2.75, 3.05) is 37.7 Å². The molecule has 6 heteroatoms. The summed E-state index contributed by atoms with van der Waals surface area (Å²) >= 11 is 0. The highest BCUT2D eigenvalue weighted by atomic mass is 35.5. The molecular formula is C28H35ClN2O3. The Hall–Kier alpha value is -2.60. The number of carboxylic acids is 1. The largest absolute Gasteiger partial charge is 0.481 e. The van der Waals surface area contributed by atoms with Gasteiger partial charge in [0.15, 0.2) is 0 Å². The van der Waals surface area contributed by atoms with Crippen molar-refractivity contribution in [2.45, 2.75) is 38.1 Å². The summed E-state index contributed by atoms with van der Waals surface area (Å²) in [6, 6.07) is 23.5. The third-order valence-electron chi connectivity index (χ3n) is 6.38. The Morgan fingerprint density at radius 3 is 2.44 bits per heavy atom. The molecule has 182 valence electrons. The number of fused-ring (bicyclic) bond motifs is 1. The van der Waals surface area contributed by atoms with Crippen molar-refractivity contribution in [1.82, 2.24) is 5.32 Å². The van der Waals surface area contributed by atoms with Crippen LogP contribution in [0.5, 0.6) is 0 Å². The van der Waals surface area contributed by atoms with Crippen LogP contribution in [0.4, 0.5) is 5.69 Å². The van der Waals surface area contributed by atoms with Crippen molar-refractivity contribution in [2.24, 2.45) is 0 Å². The number of aliphatic carboxylic acids is 1. The van der Waals surface area contributed by atoms with Crippen LogP contribution in [0.3, 0.4) is 0 Å². The molecule has 5 nitrogen and oxygen atoms in total. The number of anilines is 1. The molecule has 34 heavy (non-hydrogen) atoms. The highest BCUT2D eigenvalue weighted by Gasteiger charge is 2.22. The van der Waals surface area contributed by atoms with Gasteiger partial charge in [-0.1, -0.05) is 54.6 Å². The van der Waals surface area contributed by atoms with E-state index in [0.29, 0.717) is 6.04 Å². The Balaban J connectivity index is 0.000000481. The number of carbonyl (C=O) groups is 1. The second-order valence-corrected chi connectivity index (χ2v) is 8.83. The quantitative estimate of drug-likeness (QED) is 0.490. The molecular weight excluding hydrogens is 448 g/mol. The first-order valence-electron chi connectivity index (χ1n) is 12.0. The predicted molar refractivity (Wildman–Crippen MR) is 141 cm³/mol. The van der Waals surface area contributed by atoms with E-state index in [1.54, 1.807) is 0 Å². The average Bonchev–Trinajstić information content (AvgIpc) is 3.55. The first-order valence-corrected chi connectivity index (χ1v) is 12.0. The van der Waals surface area contributed by atoms with E-state index in [1.807, 2.05) is 24.3 Å². The molecule has 2 fully saturated rings. The molecule has 0 bridgehead atoms. The van der Waals surface area contributed by atoms with Crippen LogP contribution >= 0.6 is 12.4 Å². The van der Waals surface area contributed by atoms with E-state index in [0.717, 1.165) is 51.3 Å². The summed E-state index contributed by atoms with van der Waals surface area (Å²) < 4.78 is 4.94. The van der Waals surface area contributed by atoms with Gasteiger partial charge >= 0.3 is 5.97 Å². The molecule has 0 aliphatic carbocycles. The van der Waals surface area contributed by atoms with E-state index >= 15 is 0 Å². The maximum atomic E-state index is 10.8. The molecule has 2 aliphatic heterocycles. The number of rotatable bonds is 7. The van der Waals surface area contributed by atoms with Crippen molar-refractivity contribution in [3.05, 3.63) is 77.9 Å². The molecule has 1 atom stereocenters. The summed E-state index contributed by atoms with van der Waals surface area (Å²) in [5, 5.41) is 15.3. The first-order chi connectivity index (χ1) is 16.2. The van der Waals surface area contributed by atoms with Crippen LogP contribution in [0, 0.1) is 0 Å². The molecule has 2 saturated heterocycles. The van der Waals surface area contributed by atoms with E-state index < -0.39 is 5.97 Å². The third kappa shape index (κ3) is 7.45. The second-order valence-electron chi connectivity index (χ2n) is 8.83. The predicted octanol–water partition coefficient (Wildman–Crippen LogP) is 5.10. The number of nitrogens with zero attached hydrogens (tertiary/aromatic N) is 1. The fourth-order valence-electron chi connectivity index (χ4n) is 4.59. The lowest BCUT2D eigenvalue weighted by atomic mass is 10.0. The van der Waals surface area contributed by atoms with Crippen molar-refractivity contribution >= 4 is 34.8 Å². The van der Waals surface area contributed by atoms with E-state index in [4.69, 9.17) is 9.84 Å². The number of halogens is 1. The SMILES string of the molecule is C1CCOC1.Cl.O=C(O)Cc1ccc(N2CC[C@H](NCCc3cccc4ccccc34)C2)cc1. The van der Waals surface area contributed by atoms with Gasteiger partial charge < -0.3 is 20.1 Å². The molecule has 2 heterocycles. The molecule has 5 rings (SSSR count). The smallest absolute Gasteiger partial charge is 0.307 e. The number of hydrogen-bond donors (Lipinski definition) is 2. The fourth-order valence-corrected chi connectivity index (χ4v) is 4.59. The number of carboxylic acid groups (broad SMARTS) is 1. The summed E-state index contributed by atoms with van der Waals surface area (Å²) in [7, 11) is 0. The van der Waals surface area contributed by atoms with Crippen LogP contribution in [0.15, 0.2) is 66.7 Å². The molecule has 3 aromatic rings. The highest BCUT2D eigenvalue weighted by molar-refractivity contribution is 5.86. The number of benzene rings is 3. The monoisotopic (exact) mass is 482 g/mol. The standard InChI is InChI=1S/C24H26N2O2.C4H8O.ClH/c27-24(28)16-18-8-10-22(11-9-18)26-15-13-21(17-26)25-14-12-20-6-3-5-19-4-1-2-7-23(19)20;1-2-4-5-3-1;/h1-11,21,25H,12-17H2,(H,27,28);1-4H2;1H/t21-;;/m0../s1. The van der Waals surface area contributed by atoms with Gasteiger partial charge in [-0.3, -0.25) is 4.79 Å². The zero-order valence-electron chi connectivity index (χ0n) is 19.6. The van der Waals surface area contributed by atoms with Crippen molar-refractivity contribution in [3.8, 4) is 0 Å². The minimum atomic E-state index is -0.788. The van der Waals surface area contributed by atoms with Gasteiger partial charge in [-0.15, -0.1) is 12.4 Å². The average molecular weight is 483 g/mol. The van der Waals surface area contributed by atoms with Gasteiger partial charge in [0.2, 0.25) is 0 Å². The summed E-state index contributed by atoms with van der Waals surface area (Å²) in [4.78, 5) is 13.2. The van der Waals surface area contributed by atoms with Gasteiger partial charge in [-0.2, -0.15) is 0 Å². The van der Waals surface area contributed by atoms with Crippen LogP contribution < -0.4 is 10.2 Å². The van der Waals surface area contributed by atoms with Crippen LogP contribution in [0.2, 0.25) is 0 Å². The Morgan fingerprint density at radius 1 is 1.00 bits per heavy atom. The topological polar surface area (TPSA) is 61.8 Å². The van der Waals surface area contributed by atoms with Crippen molar-refractivity contribution in [3.63, 3.8) is 0 Å². The van der Waals surface area contributed by atoms with Crippen LogP contribution in [0.1, 0.15) is 30.4 Å². The summed E-state index contributed by atoms with van der Waals surface area (Å²) in [5.41, 5.74) is 3.42. The van der Waals surface area contributed by atoms with Gasteiger partial charge in [-0.25, -0.2) is 0 Å². The minimum absolute atomic E-state index is 0. The minimum Gasteiger partial charge on any atom is -0.481 e. The lowest BCUT2D eigenvalue weighted by Gasteiger charge is -2.19. The molecule has 0 spiro atoms. The Kier molecular flexibility index (Phi) is 10.2. The van der Waals surface area contributed by atoms with Crippen LogP contribution in [-0.4, -0.2) is 50.0 Å². The Labute approximate surface area is 208 Å². The lowest BCUT2D eigenvalue weighted by Crippen LogP contribution is -2.33. The van der Waals surface area contributed by atoms with E-state index in [9.17, 15) is 4.79 Å². The maximum Gasteiger partial charge on any atom is 0.307 e. The molecule has 3 aromatic carbocycles. The van der Waals surface area contributed by atoms with Crippen molar-refractivity contribution in [1.29, 1.82) is 0 Å². The Bertz CT molecular complexity index is 1020. The van der Waals surface area contributed by atoms with E-state index in [2.05, 4.69) is 52.7 Å². The van der Waals surface area contributed by atoms with Crippen molar-refractivity contribution < 1.29 is 14.6 Å².